The molecule has 13 nitrogen and oxygen atoms in total. The fraction of sp³-hybridized carbons (Fsp3) is 0.577. The van der Waals surface area contributed by atoms with Crippen LogP contribution in [0.25, 0.3) is 0 Å². The Morgan fingerprint density at radius 3 is 2.41 bits per heavy atom. The number of nitrogens with two attached hydrogens (primary N) is 3. The first kappa shape index (κ1) is 31.3. The first-order chi connectivity index (χ1) is 18.4. The second-order valence-corrected chi connectivity index (χ2v) is 9.89. The number of benzene rings is 1. The predicted octanol–water partition coefficient (Wildman–Crippen LogP) is -0.593. The van der Waals surface area contributed by atoms with E-state index in [2.05, 4.69) is 15.6 Å². The number of guanidine groups is 1. The molecule has 0 radical (unpaired) electrons. The van der Waals surface area contributed by atoms with Crippen LogP contribution in [-0.4, -0.2) is 82.0 Å². The Kier molecular flexibility index (Phi) is 12.0. The minimum Gasteiger partial charge on any atom is -0.508 e. The fourth-order valence-corrected chi connectivity index (χ4v) is 4.44. The Labute approximate surface area is 228 Å². The van der Waals surface area contributed by atoms with Crippen molar-refractivity contribution in [3.63, 3.8) is 0 Å². The lowest BCUT2D eigenvalue weighted by atomic mass is 9.96. The molecular weight excluding hydrogens is 506 g/mol. The van der Waals surface area contributed by atoms with Crippen LogP contribution in [0.4, 0.5) is 0 Å². The molecule has 0 spiro atoms. The lowest BCUT2D eigenvalue weighted by Gasteiger charge is -2.30. The minimum atomic E-state index is -1.24. The van der Waals surface area contributed by atoms with Crippen LogP contribution >= 0.6 is 0 Å². The van der Waals surface area contributed by atoms with Gasteiger partial charge >= 0.3 is 5.97 Å². The minimum absolute atomic E-state index is 0.00545. The average Bonchev–Trinajstić information content (AvgIpc) is 3.39. The lowest BCUT2D eigenvalue weighted by molar-refractivity contribution is -0.143. The summed E-state index contributed by atoms with van der Waals surface area (Å²) in [6.07, 6.45) is 2.41. The molecule has 216 valence electrons. The number of rotatable bonds is 14. The zero-order valence-corrected chi connectivity index (χ0v) is 22.5. The molecule has 1 aromatic carbocycles. The number of carboxylic acid groups (broad SMARTS) is 1. The standard InChI is InChI=1S/C26H41N7O6/c1-3-15(2)21(23(36)31-19(25(38)39)14-16-8-10-17(34)11-9-16)32-22(35)20-7-5-13-33(20)24(37)18(27)6-4-12-30-26(28)29/h8-11,15,18-21,34H,3-7,12-14,27H2,1-2H3,(H,31,36)(H,32,35)(H,38,39)(H4,28,29,30). The van der Waals surface area contributed by atoms with Gasteiger partial charge in [0.2, 0.25) is 17.7 Å². The summed E-state index contributed by atoms with van der Waals surface area (Å²) in [5, 5.41) is 24.4. The van der Waals surface area contributed by atoms with Gasteiger partial charge in [-0.05, 0) is 49.3 Å². The first-order valence-electron chi connectivity index (χ1n) is 13.2. The number of hydrogen-bond acceptors (Lipinski definition) is 7. The van der Waals surface area contributed by atoms with Crippen molar-refractivity contribution in [1.82, 2.24) is 15.5 Å². The van der Waals surface area contributed by atoms with Crippen LogP contribution < -0.4 is 27.8 Å². The largest absolute Gasteiger partial charge is 0.508 e. The maximum Gasteiger partial charge on any atom is 0.326 e. The Balaban J connectivity index is 2.07. The maximum atomic E-state index is 13.3. The van der Waals surface area contributed by atoms with E-state index < -0.39 is 42.0 Å². The second kappa shape index (κ2) is 14.9. The molecule has 5 atom stereocenters. The van der Waals surface area contributed by atoms with E-state index in [1.54, 1.807) is 19.1 Å². The molecule has 0 aliphatic carbocycles. The quantitative estimate of drug-likeness (QED) is 0.0895. The summed E-state index contributed by atoms with van der Waals surface area (Å²) in [5.74, 6) is -3.01. The van der Waals surface area contributed by atoms with Crippen molar-refractivity contribution >= 4 is 29.7 Å². The summed E-state index contributed by atoms with van der Waals surface area (Å²) in [7, 11) is 0. The number of carbonyl (C=O) groups is 4. The third-order valence-corrected chi connectivity index (χ3v) is 6.91. The Bertz CT molecular complexity index is 1030. The predicted molar refractivity (Wildman–Crippen MR) is 145 cm³/mol. The molecule has 39 heavy (non-hydrogen) atoms. The third kappa shape index (κ3) is 9.43. The molecule has 0 saturated carbocycles. The van der Waals surface area contributed by atoms with Crippen molar-refractivity contribution in [2.75, 3.05) is 13.1 Å². The van der Waals surface area contributed by atoms with Gasteiger partial charge in [-0.15, -0.1) is 0 Å². The molecular formula is C26H41N7O6. The van der Waals surface area contributed by atoms with Crippen LogP contribution in [0, 0.1) is 5.92 Å². The highest BCUT2D eigenvalue weighted by molar-refractivity contribution is 5.94. The molecule has 5 unspecified atom stereocenters. The number of hydrogen-bond donors (Lipinski definition) is 7. The molecule has 1 aliphatic rings. The van der Waals surface area contributed by atoms with E-state index in [0.717, 1.165) is 0 Å². The first-order valence-corrected chi connectivity index (χ1v) is 13.2. The number of aromatic hydroxyl groups is 1. The number of carbonyl (C=O) groups excluding carboxylic acids is 3. The van der Waals surface area contributed by atoms with Crippen LogP contribution in [0.2, 0.25) is 0 Å². The van der Waals surface area contributed by atoms with Crippen LogP contribution in [0.15, 0.2) is 29.3 Å². The number of phenolic OH excluding ortho intramolecular Hbond substituents is 1. The van der Waals surface area contributed by atoms with Gasteiger partial charge in [0.05, 0.1) is 6.04 Å². The van der Waals surface area contributed by atoms with Crippen LogP contribution in [-0.2, 0) is 25.6 Å². The van der Waals surface area contributed by atoms with Crippen LogP contribution in [0.3, 0.4) is 0 Å². The molecule has 13 heteroatoms. The number of aliphatic imine (C=N–C) groups is 1. The highest BCUT2D eigenvalue weighted by Gasteiger charge is 2.38. The molecule has 1 heterocycles. The number of carboxylic acids is 1. The van der Waals surface area contributed by atoms with Gasteiger partial charge in [-0.25, -0.2) is 4.79 Å². The number of nitrogens with zero attached hydrogens (tertiary/aromatic N) is 2. The van der Waals surface area contributed by atoms with E-state index in [1.807, 2.05) is 6.92 Å². The smallest absolute Gasteiger partial charge is 0.326 e. The molecule has 1 aliphatic heterocycles. The second-order valence-electron chi connectivity index (χ2n) is 9.89. The summed E-state index contributed by atoms with van der Waals surface area (Å²) < 4.78 is 0. The van der Waals surface area contributed by atoms with Gasteiger partial charge in [-0.2, -0.15) is 0 Å². The SMILES string of the molecule is CCC(C)C(NC(=O)C1CCCN1C(=O)C(N)CCCN=C(N)N)C(=O)NC(Cc1ccc(O)cc1)C(=O)O. The summed E-state index contributed by atoms with van der Waals surface area (Å²) in [5.41, 5.74) is 17.3. The molecule has 10 N–H and O–H groups in total. The number of amides is 3. The Hall–Kier alpha value is -3.87. The topological polar surface area (TPSA) is 226 Å². The fourth-order valence-electron chi connectivity index (χ4n) is 4.44. The normalized spacial score (nSPS) is 17.9. The number of aliphatic carboxylic acids is 1. The van der Waals surface area contributed by atoms with E-state index >= 15 is 0 Å². The van der Waals surface area contributed by atoms with Crippen LogP contribution in [0.5, 0.6) is 5.75 Å². The van der Waals surface area contributed by atoms with Crippen molar-refractivity contribution in [1.29, 1.82) is 0 Å². The number of phenols is 1. The summed E-state index contributed by atoms with van der Waals surface area (Å²) in [6, 6.07) is 2.16. The summed E-state index contributed by atoms with van der Waals surface area (Å²) in [4.78, 5) is 56.7. The molecule has 0 aromatic heterocycles. The van der Waals surface area contributed by atoms with Gasteiger partial charge in [0.15, 0.2) is 5.96 Å². The Morgan fingerprint density at radius 2 is 1.82 bits per heavy atom. The third-order valence-electron chi connectivity index (χ3n) is 6.91. The molecule has 1 saturated heterocycles. The monoisotopic (exact) mass is 547 g/mol. The van der Waals surface area contributed by atoms with E-state index in [0.29, 0.717) is 50.8 Å². The number of nitrogens with one attached hydrogen (secondary N) is 2. The van der Waals surface area contributed by atoms with E-state index in [1.165, 1.54) is 17.0 Å². The van der Waals surface area contributed by atoms with Crippen LogP contribution in [0.1, 0.15) is 51.5 Å². The van der Waals surface area contributed by atoms with Gasteiger partial charge < -0.3 is 42.9 Å². The van der Waals surface area contributed by atoms with Crippen molar-refractivity contribution in [2.45, 2.75) is 76.5 Å². The van der Waals surface area contributed by atoms with E-state index in [4.69, 9.17) is 17.2 Å². The van der Waals surface area contributed by atoms with Gasteiger partial charge in [0, 0.05) is 19.5 Å². The van der Waals surface area contributed by atoms with Crippen molar-refractivity contribution in [2.24, 2.45) is 28.1 Å². The summed E-state index contributed by atoms with van der Waals surface area (Å²) >= 11 is 0. The zero-order valence-electron chi connectivity index (χ0n) is 22.5. The van der Waals surface area contributed by atoms with E-state index in [-0.39, 0.29) is 30.0 Å². The van der Waals surface area contributed by atoms with E-state index in [9.17, 15) is 29.4 Å². The lowest BCUT2D eigenvalue weighted by Crippen LogP contribution is -2.58. The molecule has 1 fully saturated rings. The maximum absolute atomic E-state index is 13.3. The highest BCUT2D eigenvalue weighted by Crippen LogP contribution is 2.20. The summed E-state index contributed by atoms with van der Waals surface area (Å²) in [6.45, 7) is 4.34. The van der Waals surface area contributed by atoms with Gasteiger partial charge in [-0.3, -0.25) is 19.4 Å². The van der Waals surface area contributed by atoms with Gasteiger partial charge in [-0.1, -0.05) is 32.4 Å². The molecule has 3 amide bonds. The van der Waals surface area contributed by atoms with Crippen molar-refractivity contribution in [3.05, 3.63) is 29.8 Å². The van der Waals surface area contributed by atoms with Crippen molar-refractivity contribution in [3.8, 4) is 5.75 Å². The molecule has 1 aromatic rings. The molecule has 0 bridgehead atoms. The van der Waals surface area contributed by atoms with Crippen molar-refractivity contribution < 1.29 is 29.4 Å². The van der Waals surface area contributed by atoms with Gasteiger partial charge in [0.25, 0.3) is 0 Å². The zero-order chi connectivity index (χ0) is 29.1. The van der Waals surface area contributed by atoms with Gasteiger partial charge in [0.1, 0.15) is 23.9 Å². The average molecular weight is 548 g/mol. The number of likely N-dealkylation sites (tertiary alicyclic amines) is 1. The Morgan fingerprint density at radius 1 is 1.15 bits per heavy atom. The highest BCUT2D eigenvalue weighted by atomic mass is 16.4. The molecule has 2 rings (SSSR count).